The Morgan fingerprint density at radius 1 is 0.301 bits per heavy atom. The predicted molar refractivity (Wildman–Crippen MR) is 446 cm³/mol. The van der Waals surface area contributed by atoms with Crippen LogP contribution in [0.25, 0.3) is 99.4 Å². The van der Waals surface area contributed by atoms with Gasteiger partial charge in [0.05, 0.1) is 41.3 Å². The summed E-state index contributed by atoms with van der Waals surface area (Å²) >= 11 is 3.68. The van der Waals surface area contributed by atoms with E-state index >= 15 is 0 Å². The normalized spacial score (nSPS) is 14.9. The molecule has 2 unspecified atom stereocenters. The van der Waals surface area contributed by atoms with Gasteiger partial charge in [-0.25, -0.2) is 0 Å². The summed E-state index contributed by atoms with van der Waals surface area (Å²) in [6.07, 6.45) is -1.78. The summed E-state index contributed by atoms with van der Waals surface area (Å²) in [4.78, 5) is 3.10. The number of para-hydroxylation sites is 5. The van der Waals surface area contributed by atoms with Gasteiger partial charge in [-0.3, -0.25) is 0 Å². The van der Waals surface area contributed by atoms with Gasteiger partial charge in [-0.2, -0.15) is 0 Å². The fourth-order valence-electron chi connectivity index (χ4n) is 16.0. The summed E-state index contributed by atoms with van der Waals surface area (Å²) in [6, 6.07) is 130. The summed E-state index contributed by atoms with van der Waals surface area (Å²) in [5.41, 5.74) is 11.0. The number of aromatic nitrogens is 4. The molecule has 490 valence electrons. The Bertz CT molecular complexity index is 6560. The molecule has 15 aromatic carbocycles. The summed E-state index contributed by atoms with van der Waals surface area (Å²) in [7, 11) is -5.22. The van der Waals surface area contributed by atoms with E-state index < -0.39 is 28.9 Å². The molecule has 1 aliphatic rings. The van der Waals surface area contributed by atoms with Gasteiger partial charge in [-0.05, 0) is 145 Å². The lowest BCUT2D eigenvalue weighted by molar-refractivity contribution is 0.951. The summed E-state index contributed by atoms with van der Waals surface area (Å²) in [6.45, 7) is 0. The second-order valence-corrected chi connectivity index (χ2v) is 34.5. The zero-order valence-electron chi connectivity index (χ0n) is 64.0. The SMILES string of the molecule is Brc1ccc2c(c1)c1ccccc1n2-c1ccc([Si](c2ccccc2)(c2ccccc2)c2ccccc2)cc1.[2H]C1=C([2H])C([2H])C([2H])c2[nH]c3ccccc3c21.[2H]c1c([2H])c([2H])c2c(c1[2H])c1ccccc1n2-c1ccc2c(c1)c1ccccc1n2-c1ccc([Si](c2ccccc2)(c2ccccc2)c2ccccc2)cc1. The Balaban J connectivity index is 0.000000133. The van der Waals surface area contributed by atoms with E-state index in [1.165, 1.54) is 69.0 Å². The Labute approximate surface area is 621 Å². The molecule has 0 saturated carbocycles. The highest BCUT2D eigenvalue weighted by Gasteiger charge is 2.43. The highest BCUT2D eigenvalue weighted by atomic mass is 79.9. The number of aromatic amines is 1. The lowest BCUT2D eigenvalue weighted by Gasteiger charge is -2.34. The number of fused-ring (bicyclic) bond motifs is 12. The number of aryl methyl sites for hydroxylation is 1. The van der Waals surface area contributed by atoms with Crippen molar-refractivity contribution in [3.05, 3.63) is 410 Å². The van der Waals surface area contributed by atoms with Crippen molar-refractivity contribution in [2.75, 3.05) is 0 Å². The summed E-state index contributed by atoms with van der Waals surface area (Å²) in [5.74, 6) is 0. The number of halogens is 1. The maximum Gasteiger partial charge on any atom is 0.179 e. The van der Waals surface area contributed by atoms with Crippen molar-refractivity contribution >= 4 is 156 Å². The van der Waals surface area contributed by atoms with Gasteiger partial charge in [-0.15, -0.1) is 0 Å². The van der Waals surface area contributed by atoms with Crippen molar-refractivity contribution in [2.45, 2.75) is 12.8 Å². The first-order valence-electron chi connectivity index (χ1n) is 38.9. The van der Waals surface area contributed by atoms with Crippen molar-refractivity contribution in [1.29, 1.82) is 0 Å². The van der Waals surface area contributed by atoms with E-state index in [1.54, 1.807) is 0 Å². The van der Waals surface area contributed by atoms with Gasteiger partial charge >= 0.3 is 0 Å². The van der Waals surface area contributed by atoms with E-state index in [9.17, 15) is 0 Å². The third-order valence-electron chi connectivity index (χ3n) is 20.5. The number of rotatable bonds is 11. The molecular formula is C96H71BrN4Si2. The monoisotopic (exact) mass is 1420 g/mol. The molecule has 1 aliphatic carbocycles. The van der Waals surface area contributed by atoms with E-state index in [1.807, 2.05) is 53.1 Å². The van der Waals surface area contributed by atoms with Crippen LogP contribution >= 0.6 is 15.9 Å². The van der Waals surface area contributed by atoms with E-state index in [2.05, 4.69) is 345 Å². The fraction of sp³-hybridized carbons (Fsp3) is 0.0208. The molecule has 0 spiro atoms. The van der Waals surface area contributed by atoms with Gasteiger partial charge < -0.3 is 18.7 Å². The largest absolute Gasteiger partial charge is 0.358 e. The quantitative estimate of drug-likeness (QED) is 0.0988. The van der Waals surface area contributed by atoms with Crippen LogP contribution in [-0.4, -0.2) is 34.8 Å². The van der Waals surface area contributed by atoms with E-state index in [4.69, 9.17) is 11.0 Å². The number of hydrogen-bond acceptors (Lipinski definition) is 0. The maximum absolute atomic E-state index is 8.97. The second kappa shape index (κ2) is 27.1. The average molecular weight is 1420 g/mol. The van der Waals surface area contributed by atoms with Crippen LogP contribution in [0.4, 0.5) is 0 Å². The molecule has 4 nitrogen and oxygen atoms in total. The first-order chi connectivity index (χ1) is 54.4. The predicted octanol–water partition coefficient (Wildman–Crippen LogP) is 19.3. The molecule has 0 radical (unpaired) electrons. The Morgan fingerprint density at radius 3 is 1.10 bits per heavy atom. The average Bonchev–Trinajstić information content (AvgIpc) is 1.60. The van der Waals surface area contributed by atoms with Gasteiger partial charge in [0, 0.05) is 78.8 Å². The number of H-pyrrole nitrogens is 1. The van der Waals surface area contributed by atoms with Gasteiger partial charge in [0.25, 0.3) is 0 Å². The minimum absolute atomic E-state index is 0.0223. The highest BCUT2D eigenvalue weighted by Crippen LogP contribution is 2.38. The van der Waals surface area contributed by atoms with Crippen LogP contribution in [0.15, 0.2) is 399 Å². The Kier molecular flexibility index (Phi) is 14.4. The van der Waals surface area contributed by atoms with Crippen molar-refractivity contribution in [1.82, 2.24) is 18.7 Å². The molecule has 0 fully saturated rings. The highest BCUT2D eigenvalue weighted by molar-refractivity contribution is 9.10. The van der Waals surface area contributed by atoms with Gasteiger partial charge in [0.2, 0.25) is 0 Å². The number of benzene rings is 15. The summed E-state index contributed by atoms with van der Waals surface area (Å²) in [5, 5.41) is 17.7. The minimum atomic E-state index is -2.68. The molecule has 4 heterocycles. The summed E-state index contributed by atoms with van der Waals surface area (Å²) < 4.78 is 73.9. The molecule has 0 amide bonds. The van der Waals surface area contributed by atoms with Crippen molar-refractivity contribution in [3.63, 3.8) is 0 Å². The van der Waals surface area contributed by atoms with Gasteiger partial charge in [0.15, 0.2) is 16.1 Å². The molecular weight excluding hydrogens is 1350 g/mol. The molecule has 0 aliphatic heterocycles. The lowest BCUT2D eigenvalue weighted by Crippen LogP contribution is -2.74. The number of hydrogen-bond donors (Lipinski definition) is 1. The third-order valence-corrected chi connectivity index (χ3v) is 30.6. The van der Waals surface area contributed by atoms with Crippen molar-refractivity contribution < 1.29 is 11.0 Å². The zero-order valence-corrected chi connectivity index (χ0v) is 59.6. The lowest BCUT2D eigenvalue weighted by atomic mass is 10.0. The molecule has 0 bridgehead atoms. The zero-order chi connectivity index (χ0) is 75.7. The molecule has 1 N–H and O–H groups in total. The first-order valence-corrected chi connectivity index (χ1v) is 39.5. The first kappa shape index (κ1) is 54.7. The van der Waals surface area contributed by atoms with Crippen molar-refractivity contribution in [2.24, 2.45) is 0 Å². The maximum atomic E-state index is 8.97. The Hall–Kier alpha value is -12.1. The van der Waals surface area contributed by atoms with E-state index in [-0.39, 0.29) is 36.3 Å². The fourth-order valence-corrected chi connectivity index (χ4v) is 25.9. The molecule has 2 atom stereocenters. The van der Waals surface area contributed by atoms with E-state index in [0.717, 1.165) is 59.5 Å². The standard InChI is InChI=1S/C48H34N2Si.C36H26BrNSi.C12H11N/c1-4-16-37(17-5-1)51(38-18-6-2-7-19-38,39-20-8-3-9-21-39)40-31-28-35(29-32-40)49-47-27-15-12-24-43(47)44-34-36(30-33-48(44)49)50-45-25-13-10-22-41(45)42-23-11-14-26-46(42)50;37-27-20-25-36-34(26-27)33-18-10-11-19-35(33)38(36)28-21-23-32(24-22-28)39(29-12-4-1-5-13-29,30-14-6-2-7-15-30)31-16-8-3-9-17-31;1-3-7-11-9(5-1)10-6-2-4-8-12(10)13-11/h1-34H;1-26H;1-3,5-7,13H,4,8H2/i10D,13D,22D,25D;;2D,4D,6D,8D. The number of nitrogens with zero attached hydrogens (tertiary/aromatic N) is 3. The molecule has 103 heavy (non-hydrogen) atoms. The molecule has 0 saturated heterocycles. The molecule has 7 heteroatoms. The third kappa shape index (κ3) is 10.9. The smallest absolute Gasteiger partial charge is 0.179 e. The molecule has 4 aromatic heterocycles. The van der Waals surface area contributed by atoms with Crippen LogP contribution in [0.2, 0.25) is 0 Å². The van der Waals surface area contributed by atoms with Crippen LogP contribution < -0.4 is 41.5 Å². The number of allylic oxidation sites excluding steroid dienone is 1. The second-order valence-electron chi connectivity index (χ2n) is 26.0. The van der Waals surface area contributed by atoms with Crippen LogP contribution in [-0.2, 0) is 6.40 Å². The van der Waals surface area contributed by atoms with Gasteiger partial charge in [-0.1, -0.05) is 325 Å². The van der Waals surface area contributed by atoms with Crippen LogP contribution in [0.5, 0.6) is 0 Å². The van der Waals surface area contributed by atoms with Gasteiger partial charge in [0.1, 0.15) is 0 Å². The molecule has 20 rings (SSSR count). The van der Waals surface area contributed by atoms with Crippen LogP contribution in [0.1, 0.15) is 28.6 Å². The Morgan fingerprint density at radius 2 is 0.641 bits per heavy atom. The van der Waals surface area contributed by atoms with E-state index in [0.29, 0.717) is 22.2 Å². The molecule has 19 aromatic rings. The topological polar surface area (TPSA) is 30.6 Å². The van der Waals surface area contributed by atoms with Crippen LogP contribution in [0, 0.1) is 0 Å². The van der Waals surface area contributed by atoms with Crippen molar-refractivity contribution in [3.8, 4) is 17.1 Å². The van der Waals surface area contributed by atoms with Crippen LogP contribution in [0.3, 0.4) is 0 Å². The number of nitrogens with one attached hydrogen (secondary N) is 1. The minimum Gasteiger partial charge on any atom is -0.358 e.